The average molecular weight is 222 g/mol. The highest BCUT2D eigenvalue weighted by atomic mass is 16.5. The van der Waals surface area contributed by atoms with Gasteiger partial charge in [-0.2, -0.15) is 0 Å². The fourth-order valence-corrected chi connectivity index (χ4v) is 2.17. The van der Waals surface area contributed by atoms with Crippen LogP contribution in [0.1, 0.15) is 54.0 Å². The molecule has 0 aliphatic carbocycles. The van der Waals surface area contributed by atoms with Crippen molar-refractivity contribution >= 4 is 6.29 Å². The van der Waals surface area contributed by atoms with Crippen LogP contribution in [0.5, 0.6) is 0 Å². The van der Waals surface area contributed by atoms with Gasteiger partial charge in [-0.25, -0.2) is 0 Å². The molecule has 0 radical (unpaired) electrons. The minimum absolute atomic E-state index is 0.429. The Morgan fingerprint density at radius 3 is 2.81 bits per heavy atom. The van der Waals surface area contributed by atoms with Gasteiger partial charge in [-0.05, 0) is 25.3 Å². The van der Waals surface area contributed by atoms with E-state index in [0.29, 0.717) is 5.92 Å². The Hall–Kier alpha value is -1.09. The maximum Gasteiger partial charge on any atom is 0.153 e. The van der Waals surface area contributed by atoms with E-state index in [1.807, 2.05) is 6.07 Å². The summed E-state index contributed by atoms with van der Waals surface area (Å²) >= 11 is 0. The molecule has 0 atom stereocenters. The summed E-state index contributed by atoms with van der Waals surface area (Å²) in [6.07, 6.45) is 4.74. The standard InChI is InChI=1S/C13H18O3/c1-2-3-12-11(9-14)8-13(16-12)10-4-6-15-7-5-10/h8-10H,2-7H2,1H3. The number of hydrogen-bond donors (Lipinski definition) is 0. The summed E-state index contributed by atoms with van der Waals surface area (Å²) in [6, 6.07) is 1.91. The molecule has 0 saturated carbocycles. The number of aldehydes is 1. The van der Waals surface area contributed by atoms with Crippen molar-refractivity contribution < 1.29 is 13.9 Å². The van der Waals surface area contributed by atoms with Gasteiger partial charge in [-0.1, -0.05) is 6.92 Å². The van der Waals surface area contributed by atoms with E-state index in [1.165, 1.54) is 0 Å². The van der Waals surface area contributed by atoms with Crippen molar-refractivity contribution in [3.8, 4) is 0 Å². The summed E-state index contributed by atoms with van der Waals surface area (Å²) in [5.41, 5.74) is 0.725. The third kappa shape index (κ3) is 2.35. The maximum atomic E-state index is 10.9. The number of carbonyl (C=O) groups excluding carboxylic acids is 1. The van der Waals surface area contributed by atoms with Gasteiger partial charge in [0.15, 0.2) is 6.29 Å². The predicted octanol–water partition coefficient (Wildman–Crippen LogP) is 2.94. The van der Waals surface area contributed by atoms with Crippen molar-refractivity contribution in [2.24, 2.45) is 0 Å². The van der Waals surface area contributed by atoms with Crippen LogP contribution in [0, 0.1) is 0 Å². The zero-order chi connectivity index (χ0) is 11.4. The molecule has 1 aromatic heterocycles. The van der Waals surface area contributed by atoms with Gasteiger partial charge in [0.05, 0.1) is 5.56 Å². The van der Waals surface area contributed by atoms with Crippen LogP contribution in [0.4, 0.5) is 0 Å². The summed E-state index contributed by atoms with van der Waals surface area (Å²) in [5, 5.41) is 0. The minimum atomic E-state index is 0.429. The normalized spacial score (nSPS) is 17.6. The fraction of sp³-hybridized carbons (Fsp3) is 0.615. The van der Waals surface area contributed by atoms with E-state index >= 15 is 0 Å². The number of hydrogen-bond acceptors (Lipinski definition) is 3. The van der Waals surface area contributed by atoms with Gasteiger partial charge >= 0.3 is 0 Å². The van der Waals surface area contributed by atoms with E-state index in [4.69, 9.17) is 9.15 Å². The Labute approximate surface area is 95.8 Å². The first-order chi connectivity index (χ1) is 7.85. The highest BCUT2D eigenvalue weighted by molar-refractivity contribution is 5.76. The molecule has 0 spiro atoms. The SMILES string of the molecule is CCCc1oc(C2CCOCC2)cc1C=O. The van der Waals surface area contributed by atoms with E-state index in [-0.39, 0.29) is 0 Å². The summed E-state index contributed by atoms with van der Waals surface area (Å²) in [4.78, 5) is 10.9. The molecule has 1 aliphatic rings. The molecule has 2 rings (SSSR count). The lowest BCUT2D eigenvalue weighted by Crippen LogP contribution is -2.13. The van der Waals surface area contributed by atoms with E-state index in [1.54, 1.807) is 0 Å². The van der Waals surface area contributed by atoms with Crippen LogP contribution in [-0.4, -0.2) is 19.5 Å². The Bertz CT molecular complexity index is 348. The van der Waals surface area contributed by atoms with Gasteiger partial charge in [0, 0.05) is 25.6 Å². The van der Waals surface area contributed by atoms with Crippen LogP contribution in [-0.2, 0) is 11.2 Å². The van der Waals surface area contributed by atoms with Gasteiger partial charge < -0.3 is 9.15 Å². The summed E-state index contributed by atoms with van der Waals surface area (Å²) in [6.45, 7) is 3.68. The van der Waals surface area contributed by atoms with E-state index < -0.39 is 0 Å². The van der Waals surface area contributed by atoms with Crippen molar-refractivity contribution in [1.82, 2.24) is 0 Å². The number of furan rings is 1. The third-order valence-corrected chi connectivity index (χ3v) is 3.09. The fourth-order valence-electron chi connectivity index (χ4n) is 2.17. The van der Waals surface area contributed by atoms with Gasteiger partial charge in [-0.3, -0.25) is 4.79 Å². The average Bonchev–Trinajstić information content (AvgIpc) is 2.74. The molecular weight excluding hydrogens is 204 g/mol. The Morgan fingerprint density at radius 2 is 2.19 bits per heavy atom. The number of aryl methyl sites for hydroxylation is 1. The predicted molar refractivity (Wildman–Crippen MR) is 60.9 cm³/mol. The molecule has 16 heavy (non-hydrogen) atoms. The summed E-state index contributed by atoms with van der Waals surface area (Å²) in [5.74, 6) is 2.24. The van der Waals surface area contributed by atoms with Crippen LogP contribution in [0.25, 0.3) is 0 Å². The molecule has 1 saturated heterocycles. The first-order valence-electron chi connectivity index (χ1n) is 6.00. The Morgan fingerprint density at radius 1 is 1.44 bits per heavy atom. The quantitative estimate of drug-likeness (QED) is 0.735. The molecule has 2 heterocycles. The van der Waals surface area contributed by atoms with E-state index in [9.17, 15) is 4.79 Å². The van der Waals surface area contributed by atoms with Gasteiger partial charge in [-0.15, -0.1) is 0 Å². The number of carbonyl (C=O) groups is 1. The van der Waals surface area contributed by atoms with Crippen molar-refractivity contribution in [2.45, 2.75) is 38.5 Å². The smallest absolute Gasteiger partial charge is 0.153 e. The zero-order valence-electron chi connectivity index (χ0n) is 9.70. The minimum Gasteiger partial charge on any atom is -0.465 e. The molecule has 1 fully saturated rings. The van der Waals surface area contributed by atoms with Crippen LogP contribution < -0.4 is 0 Å². The lowest BCUT2D eigenvalue weighted by molar-refractivity contribution is 0.0803. The molecule has 3 nitrogen and oxygen atoms in total. The molecule has 0 unspecified atom stereocenters. The second-order valence-electron chi connectivity index (χ2n) is 4.28. The molecule has 0 aromatic carbocycles. The van der Waals surface area contributed by atoms with Crippen molar-refractivity contribution in [3.63, 3.8) is 0 Å². The molecule has 0 amide bonds. The van der Waals surface area contributed by atoms with Crippen LogP contribution in [0.15, 0.2) is 10.5 Å². The maximum absolute atomic E-state index is 10.9. The molecule has 3 heteroatoms. The molecule has 1 aliphatic heterocycles. The number of ether oxygens (including phenoxy) is 1. The molecule has 0 N–H and O–H groups in total. The largest absolute Gasteiger partial charge is 0.465 e. The molecule has 1 aromatic rings. The third-order valence-electron chi connectivity index (χ3n) is 3.09. The van der Waals surface area contributed by atoms with E-state index in [2.05, 4.69) is 6.92 Å². The first-order valence-corrected chi connectivity index (χ1v) is 6.00. The van der Waals surface area contributed by atoms with Crippen LogP contribution in [0.2, 0.25) is 0 Å². The van der Waals surface area contributed by atoms with Gasteiger partial charge in [0.1, 0.15) is 11.5 Å². The summed E-state index contributed by atoms with van der Waals surface area (Å²) < 4.78 is 11.1. The van der Waals surface area contributed by atoms with Crippen LogP contribution in [0.3, 0.4) is 0 Å². The second-order valence-corrected chi connectivity index (χ2v) is 4.28. The zero-order valence-corrected chi connectivity index (χ0v) is 9.70. The van der Waals surface area contributed by atoms with Crippen LogP contribution >= 0.6 is 0 Å². The van der Waals surface area contributed by atoms with Gasteiger partial charge in [0.2, 0.25) is 0 Å². The second kappa shape index (κ2) is 5.30. The first kappa shape index (κ1) is 11.4. The monoisotopic (exact) mass is 222 g/mol. The van der Waals surface area contributed by atoms with Crippen molar-refractivity contribution in [1.29, 1.82) is 0 Å². The summed E-state index contributed by atoms with van der Waals surface area (Å²) in [7, 11) is 0. The lowest BCUT2D eigenvalue weighted by Gasteiger charge is -2.19. The van der Waals surface area contributed by atoms with E-state index in [0.717, 1.165) is 62.3 Å². The van der Waals surface area contributed by atoms with Crippen molar-refractivity contribution in [3.05, 3.63) is 23.2 Å². The lowest BCUT2D eigenvalue weighted by atomic mass is 9.97. The van der Waals surface area contributed by atoms with Gasteiger partial charge in [0.25, 0.3) is 0 Å². The Kier molecular flexibility index (Phi) is 3.78. The topological polar surface area (TPSA) is 39.4 Å². The van der Waals surface area contributed by atoms with Crippen molar-refractivity contribution in [2.75, 3.05) is 13.2 Å². The Balaban J connectivity index is 2.17. The highest BCUT2D eigenvalue weighted by Gasteiger charge is 2.21. The molecule has 88 valence electrons. The molecule has 0 bridgehead atoms. The highest BCUT2D eigenvalue weighted by Crippen LogP contribution is 2.30. The molecular formula is C13H18O3. The number of rotatable bonds is 4.